The highest BCUT2D eigenvalue weighted by Crippen LogP contribution is 2.78. The van der Waals surface area contributed by atoms with E-state index in [4.69, 9.17) is 18.6 Å². The first-order valence-electron chi connectivity index (χ1n) is 12.3. The van der Waals surface area contributed by atoms with E-state index in [1.807, 2.05) is 19.2 Å². The van der Waals surface area contributed by atoms with Crippen molar-refractivity contribution in [2.75, 3.05) is 27.3 Å². The summed E-state index contributed by atoms with van der Waals surface area (Å²) < 4.78 is 25.0. The first-order valence-corrected chi connectivity index (χ1v) is 12.3. The maximum Gasteiger partial charge on any atom is 0.165 e. The van der Waals surface area contributed by atoms with Gasteiger partial charge in [0.1, 0.15) is 11.7 Å². The Morgan fingerprint density at radius 1 is 1.21 bits per heavy atom. The lowest BCUT2D eigenvalue weighted by molar-refractivity contribution is -0.313. The van der Waals surface area contributed by atoms with E-state index in [2.05, 4.69) is 24.9 Å². The van der Waals surface area contributed by atoms with Gasteiger partial charge in [-0.1, -0.05) is 13.0 Å². The Labute approximate surface area is 194 Å². The molecular formula is C27H33NO5. The van der Waals surface area contributed by atoms with E-state index < -0.39 is 5.60 Å². The molecular weight excluding hydrogens is 418 g/mol. The predicted molar refractivity (Wildman–Crippen MR) is 121 cm³/mol. The third-order valence-electron chi connectivity index (χ3n) is 10.4. The zero-order chi connectivity index (χ0) is 22.6. The van der Waals surface area contributed by atoms with Gasteiger partial charge < -0.3 is 28.6 Å². The van der Waals surface area contributed by atoms with Crippen molar-refractivity contribution in [1.29, 1.82) is 0 Å². The van der Waals surface area contributed by atoms with Crippen LogP contribution >= 0.6 is 0 Å². The lowest BCUT2D eigenvalue weighted by atomic mass is 9.32. The number of hydrogen-bond acceptors (Lipinski definition) is 6. The van der Waals surface area contributed by atoms with Gasteiger partial charge in [0.15, 0.2) is 11.5 Å². The second-order valence-electron chi connectivity index (χ2n) is 11.5. The molecule has 8 rings (SSSR count). The van der Waals surface area contributed by atoms with Crippen LogP contribution in [-0.2, 0) is 27.9 Å². The summed E-state index contributed by atoms with van der Waals surface area (Å²) in [5.74, 6) is 0.991. The molecule has 2 aromatic rings. The number of methoxy groups -OCH3 is 1. The van der Waals surface area contributed by atoms with Crippen molar-refractivity contribution in [3.8, 4) is 11.5 Å². The molecule has 33 heavy (non-hydrogen) atoms. The van der Waals surface area contributed by atoms with Crippen molar-refractivity contribution >= 4 is 0 Å². The van der Waals surface area contributed by atoms with Gasteiger partial charge in [-0.2, -0.15) is 0 Å². The van der Waals surface area contributed by atoms with Crippen molar-refractivity contribution in [2.24, 2.45) is 10.8 Å². The van der Waals surface area contributed by atoms with E-state index in [9.17, 15) is 5.11 Å². The number of benzene rings is 1. The van der Waals surface area contributed by atoms with Crippen molar-refractivity contribution < 1.29 is 23.7 Å². The summed E-state index contributed by atoms with van der Waals surface area (Å²) in [6.07, 6.45) is 8.51. The van der Waals surface area contributed by atoms with E-state index in [0.29, 0.717) is 19.3 Å². The van der Waals surface area contributed by atoms with Crippen LogP contribution in [0.25, 0.3) is 0 Å². The van der Waals surface area contributed by atoms with Crippen molar-refractivity contribution in [1.82, 2.24) is 4.90 Å². The smallest absolute Gasteiger partial charge is 0.165 e. The van der Waals surface area contributed by atoms with Crippen LogP contribution < -0.4 is 4.74 Å². The minimum Gasteiger partial charge on any atom is -0.504 e. The quantitative estimate of drug-likeness (QED) is 0.740. The van der Waals surface area contributed by atoms with Gasteiger partial charge in [0.25, 0.3) is 0 Å². The van der Waals surface area contributed by atoms with Gasteiger partial charge >= 0.3 is 0 Å². The molecule has 6 nitrogen and oxygen atoms in total. The zero-order valence-electron chi connectivity index (χ0n) is 19.7. The summed E-state index contributed by atoms with van der Waals surface area (Å²) in [7, 11) is 4.15. The maximum absolute atomic E-state index is 10.9. The molecule has 2 spiro atoms. The van der Waals surface area contributed by atoms with Crippen LogP contribution in [0.15, 0.2) is 35.1 Å². The van der Waals surface area contributed by atoms with Crippen LogP contribution in [0, 0.1) is 10.8 Å². The monoisotopic (exact) mass is 451 g/mol. The average Bonchev–Trinajstić information content (AvgIpc) is 3.44. The van der Waals surface area contributed by atoms with Gasteiger partial charge in [-0.05, 0) is 63.4 Å². The number of fused-ring (bicyclic) bond motifs is 2. The van der Waals surface area contributed by atoms with Crippen LogP contribution in [0.4, 0.5) is 0 Å². The topological polar surface area (TPSA) is 64.3 Å². The molecule has 6 atom stereocenters. The largest absolute Gasteiger partial charge is 0.504 e. The Morgan fingerprint density at radius 3 is 2.88 bits per heavy atom. The number of nitrogens with zero attached hydrogens (tertiary/aromatic N) is 1. The number of phenolic OH excluding ortho intramolecular Hbond substituents is 1. The van der Waals surface area contributed by atoms with E-state index in [-0.39, 0.29) is 28.1 Å². The van der Waals surface area contributed by atoms with E-state index in [0.717, 1.165) is 50.0 Å². The minimum atomic E-state index is -0.467. The molecule has 1 aromatic heterocycles. The van der Waals surface area contributed by atoms with Crippen LogP contribution in [-0.4, -0.2) is 55.1 Å². The molecule has 2 aliphatic heterocycles. The molecule has 0 radical (unpaired) electrons. The van der Waals surface area contributed by atoms with Crippen LogP contribution in [0.5, 0.6) is 11.5 Å². The number of furan rings is 1. The van der Waals surface area contributed by atoms with Crippen LogP contribution in [0.1, 0.15) is 49.3 Å². The summed E-state index contributed by atoms with van der Waals surface area (Å²) in [5.41, 5.74) is 3.00. The Kier molecular flexibility index (Phi) is 3.92. The predicted octanol–water partition coefficient (Wildman–Crippen LogP) is 4.04. The third-order valence-corrected chi connectivity index (χ3v) is 10.4. The Balaban J connectivity index is 1.38. The molecule has 4 bridgehead atoms. The highest BCUT2D eigenvalue weighted by Gasteiger charge is 2.82. The standard InChI is InChI=1S/C27H33NO5/c1-24(16-32-14-17-6-11-31-13-17)15-25-7-8-27(24,30-3)23-26(25)9-10-28(2)20(25)12-18-4-5-19(29)22(33-23)21(18)26/h4-6,11,13,20,23,29H,7-10,12,14-16H2,1-3H3/t20-,23-,24-,25-,26+,27?/m1/s1. The van der Waals surface area contributed by atoms with Gasteiger partial charge in [-0.25, -0.2) is 0 Å². The molecule has 6 aliphatic rings. The highest BCUT2D eigenvalue weighted by atomic mass is 16.6. The van der Waals surface area contributed by atoms with E-state index >= 15 is 0 Å². The van der Waals surface area contributed by atoms with Gasteiger partial charge in [-0.3, -0.25) is 0 Å². The van der Waals surface area contributed by atoms with Crippen LogP contribution in [0.3, 0.4) is 0 Å². The summed E-state index contributed by atoms with van der Waals surface area (Å²) in [6.45, 7) is 4.53. The second kappa shape index (κ2) is 6.35. The van der Waals surface area contributed by atoms with Crippen molar-refractivity contribution in [3.05, 3.63) is 47.4 Å². The molecule has 3 heterocycles. The fraction of sp³-hybridized carbons (Fsp3) is 0.630. The number of likely N-dealkylation sites (tertiary alicyclic amines) is 1. The lowest BCUT2D eigenvalue weighted by Gasteiger charge is -2.76. The Bertz CT molecular complexity index is 1120. The molecule has 4 fully saturated rings. The lowest BCUT2D eigenvalue weighted by Crippen LogP contribution is -2.83. The number of aromatic hydroxyl groups is 1. The maximum atomic E-state index is 10.9. The third kappa shape index (κ3) is 2.13. The number of likely N-dealkylation sites (N-methyl/N-ethyl adjacent to an activating group) is 1. The SMILES string of the molecule is COC12CC[C@@]3(C[C@]1(C)COCc1ccoc1)[C@H]1Cc4ccc(O)c5c4[C@@]3(CCN1C)[C@H]2O5. The first-order chi connectivity index (χ1) is 15.9. The van der Waals surface area contributed by atoms with E-state index in [1.165, 1.54) is 11.1 Å². The molecule has 6 heteroatoms. The molecule has 176 valence electrons. The summed E-state index contributed by atoms with van der Waals surface area (Å²) in [4.78, 5) is 2.59. The molecule has 0 amide bonds. The second-order valence-corrected chi connectivity index (χ2v) is 11.5. The fourth-order valence-electron chi connectivity index (χ4n) is 9.19. The average molecular weight is 452 g/mol. The van der Waals surface area contributed by atoms with Crippen molar-refractivity contribution in [3.63, 3.8) is 0 Å². The van der Waals surface area contributed by atoms with Gasteiger partial charge in [-0.15, -0.1) is 0 Å². The van der Waals surface area contributed by atoms with Gasteiger partial charge in [0.2, 0.25) is 0 Å². The summed E-state index contributed by atoms with van der Waals surface area (Å²) in [6, 6.07) is 6.38. The Morgan fingerprint density at radius 2 is 2.09 bits per heavy atom. The Hall–Kier alpha value is -2.02. The van der Waals surface area contributed by atoms with Crippen LogP contribution in [0.2, 0.25) is 0 Å². The van der Waals surface area contributed by atoms with Gasteiger partial charge in [0.05, 0.1) is 25.7 Å². The highest BCUT2D eigenvalue weighted by molar-refractivity contribution is 5.63. The molecule has 3 saturated carbocycles. The minimum absolute atomic E-state index is 0.0880. The number of ether oxygens (including phenoxy) is 3. The molecule has 4 aliphatic carbocycles. The zero-order valence-corrected chi connectivity index (χ0v) is 19.7. The molecule has 1 aromatic carbocycles. The van der Waals surface area contributed by atoms with Crippen molar-refractivity contribution in [2.45, 2.75) is 68.8 Å². The fourth-order valence-corrected chi connectivity index (χ4v) is 9.19. The number of phenols is 1. The van der Waals surface area contributed by atoms with Gasteiger partial charge in [0, 0.05) is 40.5 Å². The summed E-state index contributed by atoms with van der Waals surface area (Å²) >= 11 is 0. The molecule has 1 unspecified atom stereocenters. The number of hydrogen-bond donors (Lipinski definition) is 1. The van der Waals surface area contributed by atoms with E-state index in [1.54, 1.807) is 12.5 Å². The normalized spacial score (nSPS) is 42.3. The summed E-state index contributed by atoms with van der Waals surface area (Å²) in [5, 5.41) is 10.9. The number of rotatable bonds is 5. The number of piperidine rings is 1. The molecule has 1 N–H and O–H groups in total. The molecule has 1 saturated heterocycles. The first kappa shape index (κ1) is 20.4.